The monoisotopic (exact) mass is 255 g/mol. The molecule has 1 heterocycles. The SMILES string of the molecule is CC(CC(=O)O)NC(=O)NCCc1nncn1C. The van der Waals surface area contributed by atoms with Crippen molar-refractivity contribution in [1.29, 1.82) is 0 Å². The van der Waals surface area contributed by atoms with Crippen molar-refractivity contribution < 1.29 is 14.7 Å². The summed E-state index contributed by atoms with van der Waals surface area (Å²) in [5.74, 6) is -0.171. The highest BCUT2D eigenvalue weighted by Crippen LogP contribution is 1.92. The summed E-state index contributed by atoms with van der Waals surface area (Å²) in [6.07, 6.45) is 2.05. The highest BCUT2D eigenvalue weighted by Gasteiger charge is 2.10. The third-order valence-corrected chi connectivity index (χ3v) is 2.30. The number of carboxylic acid groups (broad SMARTS) is 1. The van der Waals surface area contributed by atoms with E-state index >= 15 is 0 Å². The van der Waals surface area contributed by atoms with Gasteiger partial charge in [0.1, 0.15) is 12.2 Å². The molecule has 0 aromatic carbocycles. The van der Waals surface area contributed by atoms with Crippen molar-refractivity contribution in [1.82, 2.24) is 25.4 Å². The summed E-state index contributed by atoms with van der Waals surface area (Å²) >= 11 is 0. The molecular formula is C10H17N5O3. The van der Waals surface area contributed by atoms with Gasteiger partial charge >= 0.3 is 12.0 Å². The summed E-state index contributed by atoms with van der Waals surface area (Å²) in [6, 6.07) is -0.789. The summed E-state index contributed by atoms with van der Waals surface area (Å²) in [6.45, 7) is 2.05. The van der Waals surface area contributed by atoms with Gasteiger partial charge in [-0.05, 0) is 6.92 Å². The van der Waals surface area contributed by atoms with Crippen LogP contribution >= 0.6 is 0 Å². The van der Waals surface area contributed by atoms with Crippen molar-refractivity contribution in [2.45, 2.75) is 25.8 Å². The Morgan fingerprint density at radius 3 is 2.83 bits per heavy atom. The molecule has 1 atom stereocenters. The minimum atomic E-state index is -0.943. The van der Waals surface area contributed by atoms with E-state index < -0.39 is 12.0 Å². The first-order valence-electron chi connectivity index (χ1n) is 5.58. The second-order valence-electron chi connectivity index (χ2n) is 4.01. The van der Waals surface area contributed by atoms with Gasteiger partial charge in [0.05, 0.1) is 6.42 Å². The van der Waals surface area contributed by atoms with Crippen molar-refractivity contribution >= 4 is 12.0 Å². The number of aliphatic carboxylic acids is 1. The van der Waals surface area contributed by atoms with Gasteiger partial charge in [-0.3, -0.25) is 4.79 Å². The minimum absolute atomic E-state index is 0.100. The number of aryl methyl sites for hydroxylation is 1. The molecule has 1 unspecified atom stereocenters. The fourth-order valence-electron chi connectivity index (χ4n) is 1.41. The molecule has 2 amide bonds. The second kappa shape index (κ2) is 6.58. The van der Waals surface area contributed by atoms with E-state index in [1.54, 1.807) is 17.8 Å². The van der Waals surface area contributed by atoms with Crippen molar-refractivity contribution in [2.75, 3.05) is 6.54 Å². The van der Waals surface area contributed by atoms with E-state index in [2.05, 4.69) is 20.8 Å². The fourth-order valence-corrected chi connectivity index (χ4v) is 1.41. The topological polar surface area (TPSA) is 109 Å². The number of rotatable bonds is 6. The van der Waals surface area contributed by atoms with Gasteiger partial charge in [-0.2, -0.15) is 0 Å². The molecule has 0 bridgehead atoms. The molecule has 8 heteroatoms. The molecule has 1 aromatic heterocycles. The molecule has 1 aromatic rings. The van der Waals surface area contributed by atoms with Crippen LogP contribution in [-0.2, 0) is 18.3 Å². The lowest BCUT2D eigenvalue weighted by molar-refractivity contribution is -0.137. The maximum Gasteiger partial charge on any atom is 0.315 e. The van der Waals surface area contributed by atoms with Gasteiger partial charge in [-0.25, -0.2) is 4.79 Å². The van der Waals surface area contributed by atoms with Gasteiger partial charge in [0.2, 0.25) is 0 Å². The first-order chi connectivity index (χ1) is 8.49. The standard InChI is InChI=1S/C10H17N5O3/c1-7(5-9(16)17)13-10(18)11-4-3-8-14-12-6-15(8)2/h6-7H,3-5H2,1-2H3,(H,16,17)(H2,11,13,18). The van der Waals surface area contributed by atoms with E-state index in [0.717, 1.165) is 5.82 Å². The Balaban J connectivity index is 2.21. The van der Waals surface area contributed by atoms with Crippen LogP contribution < -0.4 is 10.6 Å². The highest BCUT2D eigenvalue weighted by molar-refractivity contribution is 5.75. The molecule has 0 aliphatic carbocycles. The summed E-state index contributed by atoms with van der Waals surface area (Å²) in [5.41, 5.74) is 0. The maximum atomic E-state index is 11.4. The molecular weight excluding hydrogens is 238 g/mol. The van der Waals surface area contributed by atoms with Crippen LogP contribution in [-0.4, -0.2) is 44.5 Å². The second-order valence-corrected chi connectivity index (χ2v) is 4.01. The lowest BCUT2D eigenvalue weighted by Gasteiger charge is -2.12. The van der Waals surface area contributed by atoms with Crippen LogP contribution in [0.1, 0.15) is 19.2 Å². The summed E-state index contributed by atoms with van der Waals surface area (Å²) in [4.78, 5) is 21.8. The summed E-state index contributed by atoms with van der Waals surface area (Å²) in [5, 5.41) is 21.3. The smallest absolute Gasteiger partial charge is 0.315 e. The zero-order chi connectivity index (χ0) is 13.5. The quantitative estimate of drug-likeness (QED) is 0.636. The van der Waals surface area contributed by atoms with E-state index in [4.69, 9.17) is 5.11 Å². The molecule has 3 N–H and O–H groups in total. The maximum absolute atomic E-state index is 11.4. The largest absolute Gasteiger partial charge is 0.481 e. The zero-order valence-corrected chi connectivity index (χ0v) is 10.4. The Hall–Kier alpha value is -2.12. The number of hydrogen-bond acceptors (Lipinski definition) is 4. The summed E-state index contributed by atoms with van der Waals surface area (Å²) in [7, 11) is 1.82. The van der Waals surface area contributed by atoms with Gasteiger partial charge in [0.15, 0.2) is 0 Å². The number of aromatic nitrogens is 3. The van der Waals surface area contributed by atoms with Gasteiger partial charge in [-0.1, -0.05) is 0 Å². The minimum Gasteiger partial charge on any atom is -0.481 e. The molecule has 0 fully saturated rings. The van der Waals surface area contributed by atoms with E-state index in [1.165, 1.54) is 0 Å². The molecule has 0 aliphatic heterocycles. The van der Waals surface area contributed by atoms with Crippen LogP contribution in [0.5, 0.6) is 0 Å². The molecule has 0 saturated carbocycles. The van der Waals surface area contributed by atoms with Gasteiger partial charge in [0, 0.05) is 26.1 Å². The number of hydrogen-bond donors (Lipinski definition) is 3. The molecule has 8 nitrogen and oxygen atoms in total. The van der Waals surface area contributed by atoms with Crippen LogP contribution in [0.2, 0.25) is 0 Å². The lowest BCUT2D eigenvalue weighted by atomic mass is 10.2. The number of carboxylic acids is 1. The number of carbonyl (C=O) groups is 2. The molecule has 0 saturated heterocycles. The Labute approximate surface area is 104 Å². The molecule has 1 rings (SSSR count). The Kier molecular flexibility index (Phi) is 5.09. The molecule has 18 heavy (non-hydrogen) atoms. The zero-order valence-electron chi connectivity index (χ0n) is 10.4. The predicted octanol–water partition coefficient (Wildman–Crippen LogP) is -0.480. The van der Waals surface area contributed by atoms with Crippen LogP contribution in [0.15, 0.2) is 6.33 Å². The number of nitrogens with zero attached hydrogens (tertiary/aromatic N) is 3. The van der Waals surface area contributed by atoms with Gasteiger partial charge in [0.25, 0.3) is 0 Å². The summed E-state index contributed by atoms with van der Waals surface area (Å²) < 4.78 is 1.77. The number of urea groups is 1. The first-order valence-corrected chi connectivity index (χ1v) is 5.58. The van der Waals surface area contributed by atoms with Crippen molar-refractivity contribution in [2.24, 2.45) is 7.05 Å². The lowest BCUT2D eigenvalue weighted by Crippen LogP contribution is -2.42. The molecule has 0 radical (unpaired) electrons. The average Bonchev–Trinajstić information content (AvgIpc) is 2.63. The number of nitrogens with one attached hydrogen (secondary N) is 2. The van der Waals surface area contributed by atoms with E-state index in [0.29, 0.717) is 13.0 Å². The highest BCUT2D eigenvalue weighted by atomic mass is 16.4. The third kappa shape index (κ3) is 4.81. The Morgan fingerprint density at radius 2 is 2.28 bits per heavy atom. The van der Waals surface area contributed by atoms with E-state index in [-0.39, 0.29) is 12.5 Å². The molecule has 0 spiro atoms. The van der Waals surface area contributed by atoms with Crippen molar-refractivity contribution in [3.8, 4) is 0 Å². The predicted molar refractivity (Wildman–Crippen MR) is 63.0 cm³/mol. The van der Waals surface area contributed by atoms with Gasteiger partial charge < -0.3 is 20.3 Å². The van der Waals surface area contributed by atoms with Crippen molar-refractivity contribution in [3.63, 3.8) is 0 Å². The number of carbonyl (C=O) groups excluding carboxylic acids is 1. The average molecular weight is 255 g/mol. The van der Waals surface area contributed by atoms with Crippen LogP contribution in [0.4, 0.5) is 4.79 Å². The number of amides is 2. The van der Waals surface area contributed by atoms with E-state index in [1.807, 2.05) is 7.05 Å². The van der Waals surface area contributed by atoms with Crippen LogP contribution in [0, 0.1) is 0 Å². The van der Waals surface area contributed by atoms with Crippen molar-refractivity contribution in [3.05, 3.63) is 12.2 Å². The Morgan fingerprint density at radius 1 is 1.56 bits per heavy atom. The molecule has 100 valence electrons. The third-order valence-electron chi connectivity index (χ3n) is 2.30. The van der Waals surface area contributed by atoms with Gasteiger partial charge in [-0.15, -0.1) is 10.2 Å². The fraction of sp³-hybridized carbons (Fsp3) is 0.600. The Bertz CT molecular complexity index is 417. The van der Waals surface area contributed by atoms with E-state index in [9.17, 15) is 9.59 Å². The van der Waals surface area contributed by atoms with Crippen LogP contribution in [0.3, 0.4) is 0 Å². The first kappa shape index (κ1) is 13.9. The van der Waals surface area contributed by atoms with Crippen LogP contribution in [0.25, 0.3) is 0 Å². The normalized spacial score (nSPS) is 11.9. The molecule has 0 aliphatic rings.